The summed E-state index contributed by atoms with van der Waals surface area (Å²) in [6.07, 6.45) is 1.62. The first-order valence-corrected chi connectivity index (χ1v) is 10.1. The average molecular weight is 433 g/mol. The Labute approximate surface area is 180 Å². The van der Waals surface area contributed by atoms with Gasteiger partial charge in [0, 0.05) is 5.02 Å². The van der Waals surface area contributed by atoms with Gasteiger partial charge >= 0.3 is 0 Å². The lowest BCUT2D eigenvalue weighted by Gasteiger charge is -2.20. The summed E-state index contributed by atoms with van der Waals surface area (Å²) in [5.74, 6) is 0.0483. The molecule has 0 spiro atoms. The molecule has 1 N–H and O–H groups in total. The summed E-state index contributed by atoms with van der Waals surface area (Å²) in [4.78, 5) is 12.0. The molecule has 0 radical (unpaired) electrons. The highest BCUT2D eigenvalue weighted by Gasteiger charge is 2.33. The van der Waals surface area contributed by atoms with E-state index in [0.717, 1.165) is 11.1 Å². The van der Waals surface area contributed by atoms with Crippen LogP contribution in [0.25, 0.3) is 0 Å². The van der Waals surface area contributed by atoms with Crippen LogP contribution < -0.4 is 14.9 Å². The van der Waals surface area contributed by atoms with Gasteiger partial charge < -0.3 is 18.9 Å². The highest BCUT2D eigenvalue weighted by atomic mass is 35.5. The molecule has 160 valence electrons. The largest absolute Gasteiger partial charge is 0.490 e. The molecule has 1 amide bonds. The van der Waals surface area contributed by atoms with Crippen LogP contribution in [-0.2, 0) is 20.9 Å². The second-order valence-corrected chi connectivity index (χ2v) is 7.29. The lowest BCUT2D eigenvalue weighted by molar-refractivity contribution is -0.159. The molecular formula is C22H25ClN2O5. The zero-order valence-corrected chi connectivity index (χ0v) is 17.8. The van der Waals surface area contributed by atoms with E-state index in [1.54, 1.807) is 19.2 Å². The molecule has 0 atom stereocenters. The van der Waals surface area contributed by atoms with E-state index in [4.69, 9.17) is 30.5 Å². The third-order valence-corrected chi connectivity index (χ3v) is 4.61. The molecule has 0 aromatic heterocycles. The number of nitrogens with one attached hydrogen (secondary N) is 1. The Balaban J connectivity index is 1.58. The first-order chi connectivity index (χ1) is 14.5. The number of hydrazone groups is 1. The predicted molar refractivity (Wildman–Crippen MR) is 114 cm³/mol. The van der Waals surface area contributed by atoms with Gasteiger partial charge in [-0.15, -0.1) is 0 Å². The van der Waals surface area contributed by atoms with Crippen LogP contribution in [0.15, 0.2) is 47.6 Å². The maximum Gasteiger partial charge on any atom is 0.245 e. The molecule has 1 saturated heterocycles. The molecule has 0 bridgehead atoms. The fourth-order valence-corrected chi connectivity index (χ4v) is 3.03. The number of ether oxygens (including phenoxy) is 4. The van der Waals surface area contributed by atoms with Gasteiger partial charge in [-0.2, -0.15) is 5.10 Å². The number of carbonyl (C=O) groups excluding carboxylic acids is 1. The van der Waals surface area contributed by atoms with Crippen LogP contribution >= 0.6 is 11.6 Å². The number of nitrogens with zero attached hydrogens (tertiary/aromatic N) is 1. The topological polar surface area (TPSA) is 78.4 Å². The van der Waals surface area contributed by atoms with Crippen LogP contribution in [0, 0.1) is 0 Å². The smallest absolute Gasteiger partial charge is 0.245 e. The van der Waals surface area contributed by atoms with Crippen LogP contribution in [0.4, 0.5) is 0 Å². The van der Waals surface area contributed by atoms with Gasteiger partial charge in [0.2, 0.25) is 5.91 Å². The molecular weight excluding hydrogens is 408 g/mol. The van der Waals surface area contributed by atoms with Crippen LogP contribution in [0.5, 0.6) is 11.5 Å². The molecule has 8 heteroatoms. The predicted octanol–water partition coefficient (Wildman–Crippen LogP) is 3.92. The van der Waals surface area contributed by atoms with Crippen molar-refractivity contribution < 1.29 is 23.7 Å². The van der Waals surface area contributed by atoms with Gasteiger partial charge in [0.25, 0.3) is 0 Å². The molecule has 30 heavy (non-hydrogen) atoms. The van der Waals surface area contributed by atoms with E-state index < -0.39 is 5.79 Å². The number of hydrogen-bond acceptors (Lipinski definition) is 6. The molecule has 0 aliphatic carbocycles. The summed E-state index contributed by atoms with van der Waals surface area (Å²) in [6, 6.07) is 12.9. The minimum Gasteiger partial charge on any atom is -0.490 e. The molecule has 2 aromatic rings. The van der Waals surface area contributed by atoms with Crippen molar-refractivity contribution in [1.29, 1.82) is 0 Å². The highest BCUT2D eigenvalue weighted by Crippen LogP contribution is 2.29. The standard InChI is InChI=1S/C22H25ClN2O5/c1-3-27-20-12-17(14-24-25-21(26)13-22(2)29-10-11-30-22)6-9-19(20)28-15-16-4-7-18(23)8-5-16/h4-9,12,14H,3,10-11,13,15H2,1-2H3,(H,25,26)/b24-14-. The summed E-state index contributed by atoms with van der Waals surface area (Å²) < 4.78 is 22.4. The normalized spacial score (nSPS) is 15.3. The molecule has 1 heterocycles. The van der Waals surface area contributed by atoms with E-state index in [9.17, 15) is 4.79 Å². The molecule has 1 aliphatic rings. The summed E-state index contributed by atoms with van der Waals surface area (Å²) in [7, 11) is 0. The molecule has 0 saturated carbocycles. The Bertz CT molecular complexity index is 880. The molecule has 1 fully saturated rings. The maximum atomic E-state index is 12.0. The summed E-state index contributed by atoms with van der Waals surface area (Å²) in [5, 5.41) is 4.69. The van der Waals surface area contributed by atoms with Crippen molar-refractivity contribution in [1.82, 2.24) is 5.43 Å². The minimum absolute atomic E-state index is 0.0754. The molecule has 0 unspecified atom stereocenters. The van der Waals surface area contributed by atoms with E-state index in [1.807, 2.05) is 43.3 Å². The zero-order valence-electron chi connectivity index (χ0n) is 17.0. The lowest BCUT2D eigenvalue weighted by Crippen LogP contribution is -2.33. The van der Waals surface area contributed by atoms with Crippen molar-refractivity contribution in [3.63, 3.8) is 0 Å². The highest BCUT2D eigenvalue weighted by molar-refractivity contribution is 6.30. The van der Waals surface area contributed by atoms with Gasteiger partial charge in [0.1, 0.15) is 6.61 Å². The quantitative estimate of drug-likeness (QED) is 0.480. The van der Waals surface area contributed by atoms with Crippen LogP contribution in [0.1, 0.15) is 31.4 Å². The second-order valence-electron chi connectivity index (χ2n) is 6.86. The molecule has 1 aliphatic heterocycles. The van der Waals surface area contributed by atoms with E-state index in [0.29, 0.717) is 42.9 Å². The van der Waals surface area contributed by atoms with Gasteiger partial charge in [-0.3, -0.25) is 4.79 Å². The summed E-state index contributed by atoms with van der Waals surface area (Å²) in [5.41, 5.74) is 4.25. The van der Waals surface area contributed by atoms with Gasteiger partial charge in [-0.25, -0.2) is 5.43 Å². The van der Waals surface area contributed by atoms with E-state index >= 15 is 0 Å². The number of benzene rings is 2. The Morgan fingerprint density at radius 1 is 1.17 bits per heavy atom. The third kappa shape index (κ3) is 6.45. The fourth-order valence-electron chi connectivity index (χ4n) is 2.90. The number of halogens is 1. The number of rotatable bonds is 9. The van der Waals surface area contributed by atoms with E-state index in [2.05, 4.69) is 10.5 Å². The summed E-state index contributed by atoms with van der Waals surface area (Å²) >= 11 is 5.91. The van der Waals surface area contributed by atoms with Crippen molar-refractivity contribution in [2.75, 3.05) is 19.8 Å². The first kappa shape index (κ1) is 22.1. The van der Waals surface area contributed by atoms with Crippen molar-refractivity contribution >= 4 is 23.7 Å². The van der Waals surface area contributed by atoms with Crippen LogP contribution in [-0.4, -0.2) is 37.7 Å². The Morgan fingerprint density at radius 2 is 1.90 bits per heavy atom. The average Bonchev–Trinajstić information content (AvgIpc) is 3.14. The van der Waals surface area contributed by atoms with Gasteiger partial charge in [0.15, 0.2) is 17.3 Å². The fraction of sp³-hybridized carbons (Fsp3) is 0.364. The number of amides is 1. The van der Waals surface area contributed by atoms with Crippen molar-refractivity contribution in [3.05, 3.63) is 58.6 Å². The molecule has 2 aromatic carbocycles. The monoisotopic (exact) mass is 432 g/mol. The van der Waals surface area contributed by atoms with Crippen molar-refractivity contribution in [3.8, 4) is 11.5 Å². The summed E-state index contributed by atoms with van der Waals surface area (Å²) in [6.45, 7) is 5.49. The zero-order chi connectivity index (χ0) is 21.4. The second kappa shape index (κ2) is 10.4. The Morgan fingerprint density at radius 3 is 2.60 bits per heavy atom. The number of hydrogen-bond donors (Lipinski definition) is 1. The van der Waals surface area contributed by atoms with Gasteiger partial charge in [-0.05, 0) is 55.3 Å². The van der Waals surface area contributed by atoms with Gasteiger partial charge in [-0.1, -0.05) is 23.7 Å². The minimum atomic E-state index is -0.884. The lowest BCUT2D eigenvalue weighted by atomic mass is 10.2. The van der Waals surface area contributed by atoms with Crippen LogP contribution in [0.3, 0.4) is 0 Å². The number of carbonyl (C=O) groups is 1. The van der Waals surface area contributed by atoms with E-state index in [-0.39, 0.29) is 12.3 Å². The van der Waals surface area contributed by atoms with Crippen molar-refractivity contribution in [2.45, 2.75) is 32.7 Å². The Hall–Kier alpha value is -2.61. The molecule has 3 rings (SSSR count). The van der Waals surface area contributed by atoms with Crippen LogP contribution in [0.2, 0.25) is 5.02 Å². The first-order valence-electron chi connectivity index (χ1n) is 9.71. The molecule has 7 nitrogen and oxygen atoms in total. The maximum absolute atomic E-state index is 12.0. The van der Waals surface area contributed by atoms with Crippen molar-refractivity contribution in [2.24, 2.45) is 5.10 Å². The van der Waals surface area contributed by atoms with Gasteiger partial charge in [0.05, 0.1) is 32.5 Å². The SMILES string of the molecule is CCOc1cc(/C=N\NC(=O)CC2(C)OCCO2)ccc1OCc1ccc(Cl)cc1. The van der Waals surface area contributed by atoms with E-state index in [1.165, 1.54) is 0 Å². The third-order valence-electron chi connectivity index (χ3n) is 4.36. The Kier molecular flexibility index (Phi) is 7.68.